The predicted molar refractivity (Wildman–Crippen MR) is 123 cm³/mol. The SMILES string of the molecule is CCCCCCc1ccc(-c2cnc(OC(=O)c3ccc(OCCC)cc3)cn2)cc1. The topological polar surface area (TPSA) is 61.3 Å². The Hall–Kier alpha value is -3.21. The van der Waals surface area contributed by atoms with Gasteiger partial charge in [0.15, 0.2) is 0 Å². The second-order valence-corrected chi connectivity index (χ2v) is 7.51. The largest absolute Gasteiger partial charge is 0.494 e. The van der Waals surface area contributed by atoms with Crippen molar-refractivity contribution in [2.24, 2.45) is 0 Å². The molecule has 0 amide bonds. The summed E-state index contributed by atoms with van der Waals surface area (Å²) in [6, 6.07) is 15.3. The third-order valence-corrected chi connectivity index (χ3v) is 4.96. The van der Waals surface area contributed by atoms with Crippen LogP contribution in [0, 0.1) is 0 Å². The number of rotatable bonds is 11. The molecule has 3 rings (SSSR count). The highest BCUT2D eigenvalue weighted by atomic mass is 16.5. The minimum absolute atomic E-state index is 0.174. The van der Waals surface area contributed by atoms with Crippen LogP contribution in [0.25, 0.3) is 11.3 Å². The van der Waals surface area contributed by atoms with Crippen LogP contribution >= 0.6 is 0 Å². The standard InChI is InChI=1S/C26H30N2O3/c1-3-5-6-7-8-20-9-11-21(12-10-20)24-18-28-25(19-27-24)31-26(29)22-13-15-23(16-14-22)30-17-4-2/h9-16,18-19H,3-8,17H2,1-2H3. The molecule has 1 heterocycles. The van der Waals surface area contributed by atoms with E-state index in [1.165, 1.54) is 37.4 Å². The molecule has 31 heavy (non-hydrogen) atoms. The molecule has 162 valence electrons. The molecule has 2 aromatic carbocycles. The van der Waals surface area contributed by atoms with Crippen LogP contribution in [0.15, 0.2) is 60.9 Å². The first-order valence-corrected chi connectivity index (χ1v) is 11.1. The minimum atomic E-state index is -0.475. The Morgan fingerprint density at radius 1 is 0.839 bits per heavy atom. The summed E-state index contributed by atoms with van der Waals surface area (Å²) in [5, 5.41) is 0. The molecule has 0 aliphatic carbocycles. The van der Waals surface area contributed by atoms with Crippen molar-refractivity contribution in [1.29, 1.82) is 0 Å². The normalized spacial score (nSPS) is 10.6. The Morgan fingerprint density at radius 2 is 1.61 bits per heavy atom. The van der Waals surface area contributed by atoms with E-state index in [2.05, 4.69) is 41.2 Å². The molecule has 0 unspecified atom stereocenters. The first-order chi connectivity index (χ1) is 15.2. The quantitative estimate of drug-likeness (QED) is 0.271. The number of hydrogen-bond donors (Lipinski definition) is 0. The smallest absolute Gasteiger partial charge is 0.344 e. The van der Waals surface area contributed by atoms with Crippen LogP contribution in [0.5, 0.6) is 11.6 Å². The summed E-state index contributed by atoms with van der Waals surface area (Å²) in [5.41, 5.74) is 3.51. The lowest BCUT2D eigenvalue weighted by Crippen LogP contribution is -2.09. The Morgan fingerprint density at radius 3 is 2.26 bits per heavy atom. The molecule has 0 aliphatic heterocycles. The van der Waals surface area contributed by atoms with Crippen LogP contribution in [0.1, 0.15) is 61.9 Å². The van der Waals surface area contributed by atoms with Gasteiger partial charge in [0, 0.05) is 5.56 Å². The second-order valence-electron chi connectivity index (χ2n) is 7.51. The number of aromatic nitrogens is 2. The maximum atomic E-state index is 12.3. The third kappa shape index (κ3) is 6.92. The Balaban J connectivity index is 1.55. The summed E-state index contributed by atoms with van der Waals surface area (Å²) in [4.78, 5) is 21.0. The van der Waals surface area contributed by atoms with Crippen LogP contribution < -0.4 is 9.47 Å². The highest BCUT2D eigenvalue weighted by molar-refractivity contribution is 5.90. The summed E-state index contributed by atoms with van der Waals surface area (Å²) < 4.78 is 10.9. The number of ether oxygens (including phenoxy) is 2. The zero-order valence-corrected chi connectivity index (χ0v) is 18.3. The molecule has 0 atom stereocenters. The van der Waals surface area contributed by atoms with E-state index < -0.39 is 5.97 Å². The van der Waals surface area contributed by atoms with Gasteiger partial charge in [0.2, 0.25) is 5.88 Å². The first kappa shape index (κ1) is 22.5. The number of esters is 1. The molecule has 0 saturated carbocycles. The molecule has 5 nitrogen and oxygen atoms in total. The van der Waals surface area contributed by atoms with E-state index in [9.17, 15) is 4.79 Å². The van der Waals surface area contributed by atoms with Gasteiger partial charge < -0.3 is 9.47 Å². The van der Waals surface area contributed by atoms with Crippen LogP contribution in [0.4, 0.5) is 0 Å². The van der Waals surface area contributed by atoms with Gasteiger partial charge in [-0.25, -0.2) is 14.8 Å². The molecule has 0 bridgehead atoms. The van der Waals surface area contributed by atoms with Crippen LogP contribution in [-0.4, -0.2) is 22.5 Å². The van der Waals surface area contributed by atoms with Crippen LogP contribution in [-0.2, 0) is 6.42 Å². The maximum absolute atomic E-state index is 12.3. The summed E-state index contributed by atoms with van der Waals surface area (Å²) in [6.45, 7) is 4.92. The van der Waals surface area contributed by atoms with Crippen molar-refractivity contribution in [1.82, 2.24) is 9.97 Å². The molecular weight excluding hydrogens is 388 g/mol. The number of carbonyl (C=O) groups is 1. The van der Waals surface area contributed by atoms with E-state index in [-0.39, 0.29) is 5.88 Å². The molecular formula is C26H30N2O3. The third-order valence-electron chi connectivity index (χ3n) is 4.96. The zero-order chi connectivity index (χ0) is 21.9. The number of nitrogens with zero attached hydrogens (tertiary/aromatic N) is 2. The molecule has 0 radical (unpaired) electrons. The van der Waals surface area contributed by atoms with Crippen molar-refractivity contribution in [2.75, 3.05) is 6.61 Å². The van der Waals surface area contributed by atoms with E-state index in [1.54, 1.807) is 30.5 Å². The Kier molecular flexibility index (Phi) is 8.59. The Bertz CT molecular complexity index is 936. The lowest BCUT2D eigenvalue weighted by atomic mass is 10.0. The number of hydrogen-bond acceptors (Lipinski definition) is 5. The molecule has 5 heteroatoms. The van der Waals surface area contributed by atoms with Crippen LogP contribution in [0.3, 0.4) is 0 Å². The highest BCUT2D eigenvalue weighted by Gasteiger charge is 2.11. The summed E-state index contributed by atoms with van der Waals surface area (Å²) in [5.74, 6) is 0.429. The molecule has 1 aromatic heterocycles. The fourth-order valence-electron chi connectivity index (χ4n) is 3.18. The minimum Gasteiger partial charge on any atom is -0.494 e. The number of carbonyl (C=O) groups excluding carboxylic acids is 1. The van der Waals surface area contributed by atoms with Crippen molar-refractivity contribution in [2.45, 2.75) is 52.4 Å². The zero-order valence-electron chi connectivity index (χ0n) is 18.3. The van der Waals surface area contributed by atoms with E-state index in [4.69, 9.17) is 9.47 Å². The van der Waals surface area contributed by atoms with Gasteiger partial charge in [-0.1, -0.05) is 57.4 Å². The average Bonchev–Trinajstić information content (AvgIpc) is 2.82. The Labute approximate surface area is 184 Å². The highest BCUT2D eigenvalue weighted by Crippen LogP contribution is 2.20. The van der Waals surface area contributed by atoms with Crippen LogP contribution in [0.2, 0.25) is 0 Å². The van der Waals surface area contributed by atoms with E-state index >= 15 is 0 Å². The second kappa shape index (κ2) is 11.8. The average molecular weight is 419 g/mol. The lowest BCUT2D eigenvalue weighted by Gasteiger charge is -2.07. The van der Waals surface area contributed by atoms with Crippen molar-refractivity contribution in [3.63, 3.8) is 0 Å². The number of unbranched alkanes of at least 4 members (excludes halogenated alkanes) is 3. The molecule has 3 aromatic rings. The van der Waals surface area contributed by atoms with E-state index in [0.717, 1.165) is 29.8 Å². The summed E-state index contributed by atoms with van der Waals surface area (Å²) >= 11 is 0. The van der Waals surface area contributed by atoms with Gasteiger partial charge in [-0.2, -0.15) is 0 Å². The monoisotopic (exact) mass is 418 g/mol. The molecule has 0 aliphatic rings. The van der Waals surface area contributed by atoms with Gasteiger partial charge in [-0.3, -0.25) is 0 Å². The molecule has 0 spiro atoms. The number of benzene rings is 2. The van der Waals surface area contributed by atoms with Gasteiger partial charge in [0.25, 0.3) is 0 Å². The van der Waals surface area contributed by atoms with Gasteiger partial charge in [-0.15, -0.1) is 0 Å². The van der Waals surface area contributed by atoms with Gasteiger partial charge in [0.05, 0.1) is 30.3 Å². The fraction of sp³-hybridized carbons (Fsp3) is 0.346. The first-order valence-electron chi connectivity index (χ1n) is 11.1. The van der Waals surface area contributed by atoms with E-state index in [0.29, 0.717) is 12.2 Å². The molecule has 0 saturated heterocycles. The summed E-state index contributed by atoms with van der Waals surface area (Å²) in [7, 11) is 0. The molecule has 0 N–H and O–H groups in total. The van der Waals surface area contributed by atoms with Gasteiger partial charge >= 0.3 is 5.97 Å². The van der Waals surface area contributed by atoms with E-state index in [1.807, 2.05) is 6.92 Å². The molecule has 0 fully saturated rings. The fourth-order valence-corrected chi connectivity index (χ4v) is 3.18. The predicted octanol–water partition coefficient (Wildman–Crippen LogP) is 6.27. The van der Waals surface area contributed by atoms with Crippen molar-refractivity contribution in [3.05, 3.63) is 72.1 Å². The van der Waals surface area contributed by atoms with Gasteiger partial charge in [0.1, 0.15) is 5.75 Å². The summed E-state index contributed by atoms with van der Waals surface area (Å²) in [6.07, 6.45) is 10.2. The van der Waals surface area contributed by atoms with Crippen molar-refractivity contribution < 1.29 is 14.3 Å². The lowest BCUT2D eigenvalue weighted by molar-refractivity contribution is 0.0727. The van der Waals surface area contributed by atoms with Gasteiger partial charge in [-0.05, 0) is 49.1 Å². The van der Waals surface area contributed by atoms with Crippen molar-refractivity contribution >= 4 is 5.97 Å². The van der Waals surface area contributed by atoms with Crippen molar-refractivity contribution in [3.8, 4) is 22.9 Å². The maximum Gasteiger partial charge on any atom is 0.344 e. The number of aryl methyl sites for hydroxylation is 1.